The van der Waals surface area contributed by atoms with Crippen LogP contribution in [0.15, 0.2) is 60.0 Å². The van der Waals surface area contributed by atoms with Crippen LogP contribution in [0.2, 0.25) is 0 Å². The SMILES string of the molecule is CCCCOc1ccc(C(=O)N(c2ccc(OCC)cc2)[C@@H]2C=CS(=O)(=O)C2)cc1. The topological polar surface area (TPSA) is 72.9 Å². The molecule has 0 saturated heterocycles. The summed E-state index contributed by atoms with van der Waals surface area (Å²) in [4.78, 5) is 14.9. The van der Waals surface area contributed by atoms with Crippen LogP contribution in [0, 0.1) is 0 Å². The van der Waals surface area contributed by atoms with Gasteiger partial charge >= 0.3 is 0 Å². The first-order valence-corrected chi connectivity index (χ1v) is 11.9. The van der Waals surface area contributed by atoms with Gasteiger partial charge in [0.05, 0.1) is 25.0 Å². The fourth-order valence-electron chi connectivity index (χ4n) is 3.22. The Labute approximate surface area is 178 Å². The molecule has 0 N–H and O–H groups in total. The van der Waals surface area contributed by atoms with Crippen molar-refractivity contribution >= 4 is 21.4 Å². The minimum absolute atomic E-state index is 0.135. The minimum atomic E-state index is -3.32. The highest BCUT2D eigenvalue weighted by Gasteiger charge is 2.32. The summed E-state index contributed by atoms with van der Waals surface area (Å²) in [6.45, 7) is 5.16. The monoisotopic (exact) mass is 429 g/mol. The number of benzene rings is 2. The van der Waals surface area contributed by atoms with Crippen molar-refractivity contribution in [3.8, 4) is 11.5 Å². The third-order valence-electron chi connectivity index (χ3n) is 4.76. The molecule has 0 radical (unpaired) electrons. The molecule has 0 bridgehead atoms. The molecule has 0 spiro atoms. The molecule has 1 aliphatic rings. The summed E-state index contributed by atoms with van der Waals surface area (Å²) in [5.41, 5.74) is 1.07. The fourth-order valence-corrected chi connectivity index (χ4v) is 4.48. The normalized spacial score (nSPS) is 16.9. The van der Waals surface area contributed by atoms with E-state index in [1.807, 2.05) is 6.92 Å². The number of carbonyl (C=O) groups is 1. The maximum atomic E-state index is 13.4. The van der Waals surface area contributed by atoms with Crippen LogP contribution in [-0.2, 0) is 9.84 Å². The van der Waals surface area contributed by atoms with Crippen molar-refractivity contribution in [2.24, 2.45) is 0 Å². The predicted molar refractivity (Wildman–Crippen MR) is 118 cm³/mol. The molecule has 3 rings (SSSR count). The lowest BCUT2D eigenvalue weighted by Crippen LogP contribution is -2.41. The number of hydrogen-bond donors (Lipinski definition) is 0. The van der Waals surface area contributed by atoms with E-state index in [0.717, 1.165) is 12.8 Å². The number of rotatable bonds is 9. The molecular formula is C23H27NO5S. The van der Waals surface area contributed by atoms with Gasteiger partial charge in [-0.05, 0) is 68.0 Å². The molecule has 0 unspecified atom stereocenters. The van der Waals surface area contributed by atoms with Crippen molar-refractivity contribution in [3.05, 3.63) is 65.6 Å². The van der Waals surface area contributed by atoms with Crippen molar-refractivity contribution < 1.29 is 22.7 Å². The first-order chi connectivity index (χ1) is 14.4. The highest BCUT2D eigenvalue weighted by Crippen LogP contribution is 2.27. The summed E-state index contributed by atoms with van der Waals surface area (Å²) in [7, 11) is -3.32. The van der Waals surface area contributed by atoms with E-state index in [1.54, 1.807) is 54.6 Å². The molecule has 0 aromatic heterocycles. The van der Waals surface area contributed by atoms with Crippen molar-refractivity contribution in [2.75, 3.05) is 23.9 Å². The second-order valence-electron chi connectivity index (χ2n) is 7.05. The van der Waals surface area contributed by atoms with E-state index in [4.69, 9.17) is 9.47 Å². The van der Waals surface area contributed by atoms with Crippen LogP contribution in [0.1, 0.15) is 37.0 Å². The van der Waals surface area contributed by atoms with Crippen LogP contribution in [0.25, 0.3) is 0 Å². The Morgan fingerprint density at radius 3 is 2.20 bits per heavy atom. The second kappa shape index (κ2) is 9.80. The van der Waals surface area contributed by atoms with Crippen molar-refractivity contribution in [2.45, 2.75) is 32.7 Å². The lowest BCUT2D eigenvalue weighted by Gasteiger charge is -2.28. The number of amides is 1. The zero-order chi connectivity index (χ0) is 21.6. The van der Waals surface area contributed by atoms with Gasteiger partial charge in [0.2, 0.25) is 0 Å². The third-order valence-corrected chi connectivity index (χ3v) is 6.13. The van der Waals surface area contributed by atoms with Gasteiger partial charge in [-0.15, -0.1) is 0 Å². The maximum absolute atomic E-state index is 13.4. The number of anilines is 1. The first-order valence-electron chi connectivity index (χ1n) is 10.1. The average molecular weight is 430 g/mol. The largest absolute Gasteiger partial charge is 0.494 e. The molecule has 0 aliphatic carbocycles. The maximum Gasteiger partial charge on any atom is 0.258 e. The molecule has 160 valence electrons. The molecule has 1 amide bonds. The van der Waals surface area contributed by atoms with Gasteiger partial charge in [0, 0.05) is 16.7 Å². The van der Waals surface area contributed by atoms with Crippen LogP contribution in [-0.4, -0.2) is 39.3 Å². The van der Waals surface area contributed by atoms with E-state index < -0.39 is 15.9 Å². The number of sulfone groups is 1. The minimum Gasteiger partial charge on any atom is -0.494 e. The molecule has 2 aromatic rings. The third kappa shape index (κ3) is 5.42. The number of unbranched alkanes of at least 4 members (excludes halogenated alkanes) is 1. The van der Waals surface area contributed by atoms with E-state index in [1.165, 1.54) is 10.3 Å². The Balaban J connectivity index is 1.86. The summed E-state index contributed by atoms with van der Waals surface area (Å²) in [6, 6.07) is 13.5. The molecule has 30 heavy (non-hydrogen) atoms. The van der Waals surface area contributed by atoms with Crippen molar-refractivity contribution in [1.82, 2.24) is 0 Å². The summed E-state index contributed by atoms with van der Waals surface area (Å²) >= 11 is 0. The molecule has 0 fully saturated rings. The van der Waals surface area contributed by atoms with E-state index in [9.17, 15) is 13.2 Å². The number of hydrogen-bond acceptors (Lipinski definition) is 5. The predicted octanol–water partition coefficient (Wildman–Crippen LogP) is 4.22. The summed E-state index contributed by atoms with van der Waals surface area (Å²) in [5, 5.41) is 1.18. The molecule has 0 saturated carbocycles. The van der Waals surface area contributed by atoms with Crippen LogP contribution in [0.3, 0.4) is 0 Å². The molecule has 6 nitrogen and oxygen atoms in total. The molecule has 7 heteroatoms. The highest BCUT2D eigenvalue weighted by molar-refractivity contribution is 7.94. The lowest BCUT2D eigenvalue weighted by atomic mass is 10.1. The van der Waals surface area contributed by atoms with E-state index in [-0.39, 0.29) is 11.7 Å². The Bertz CT molecular complexity index is 981. The van der Waals surface area contributed by atoms with E-state index in [0.29, 0.717) is 36.0 Å². The van der Waals surface area contributed by atoms with Gasteiger partial charge < -0.3 is 14.4 Å². The Kier molecular flexibility index (Phi) is 7.15. The highest BCUT2D eigenvalue weighted by atomic mass is 32.2. The Morgan fingerprint density at radius 2 is 1.63 bits per heavy atom. The molecule has 2 aromatic carbocycles. The summed E-state index contributed by atoms with van der Waals surface area (Å²) in [5.74, 6) is 0.989. The lowest BCUT2D eigenvalue weighted by molar-refractivity contribution is 0.0983. The van der Waals surface area contributed by atoms with Crippen molar-refractivity contribution in [1.29, 1.82) is 0 Å². The average Bonchev–Trinajstić information content (AvgIpc) is 3.09. The van der Waals surface area contributed by atoms with Crippen molar-refractivity contribution in [3.63, 3.8) is 0 Å². The van der Waals surface area contributed by atoms with E-state index >= 15 is 0 Å². The standard InChI is InChI=1S/C23H27NO5S/c1-3-5-15-29-22-10-6-18(7-11-22)23(25)24(20-14-16-30(26,27)17-20)19-8-12-21(13-9-19)28-4-2/h6-14,16,20H,3-5,15,17H2,1-2H3/t20-/m1/s1. The van der Waals surface area contributed by atoms with Crippen LogP contribution in [0.5, 0.6) is 11.5 Å². The van der Waals surface area contributed by atoms with Gasteiger partial charge in [-0.2, -0.15) is 0 Å². The molecule has 1 heterocycles. The molecule has 1 atom stereocenters. The molecule has 1 aliphatic heterocycles. The van der Waals surface area contributed by atoms with Gasteiger partial charge in [0.15, 0.2) is 9.84 Å². The number of carbonyl (C=O) groups excluding carboxylic acids is 1. The van der Waals surface area contributed by atoms with E-state index in [2.05, 4.69) is 6.92 Å². The van der Waals surface area contributed by atoms with Gasteiger partial charge in [-0.25, -0.2) is 8.42 Å². The quantitative estimate of drug-likeness (QED) is 0.558. The number of ether oxygens (including phenoxy) is 2. The Morgan fingerprint density at radius 1 is 1.00 bits per heavy atom. The fraction of sp³-hybridized carbons (Fsp3) is 0.348. The first kappa shape index (κ1) is 21.9. The molecular weight excluding hydrogens is 402 g/mol. The van der Waals surface area contributed by atoms with Gasteiger partial charge in [0.1, 0.15) is 11.5 Å². The van der Waals surface area contributed by atoms with Gasteiger partial charge in [-0.1, -0.05) is 13.3 Å². The summed E-state index contributed by atoms with van der Waals surface area (Å²) < 4.78 is 35.1. The van der Waals surface area contributed by atoms with Crippen LogP contribution < -0.4 is 14.4 Å². The van der Waals surface area contributed by atoms with Crippen LogP contribution >= 0.6 is 0 Å². The summed E-state index contributed by atoms with van der Waals surface area (Å²) in [6.07, 6.45) is 3.58. The van der Waals surface area contributed by atoms with Crippen LogP contribution in [0.4, 0.5) is 5.69 Å². The zero-order valence-corrected chi connectivity index (χ0v) is 18.1. The smallest absolute Gasteiger partial charge is 0.258 e. The van der Waals surface area contributed by atoms with Gasteiger partial charge in [0.25, 0.3) is 5.91 Å². The van der Waals surface area contributed by atoms with Gasteiger partial charge in [-0.3, -0.25) is 4.79 Å². The number of nitrogens with zero attached hydrogens (tertiary/aromatic N) is 1. The Hall–Kier alpha value is -2.80. The zero-order valence-electron chi connectivity index (χ0n) is 17.3. The second-order valence-corrected chi connectivity index (χ2v) is 8.99.